The first-order valence-corrected chi connectivity index (χ1v) is 10.7. The van der Waals surface area contributed by atoms with Gasteiger partial charge in [0.15, 0.2) is 28.8 Å². The SMILES string of the molecule is C#CCNC(=O)c1c(NCC2C=CSC2)nc(C#Cc2ccc(OC)c(OC)c2)n1C. The maximum atomic E-state index is 12.7. The Morgan fingerprint density at radius 1 is 1.32 bits per heavy atom. The molecule has 1 atom stereocenters. The van der Waals surface area contributed by atoms with Crippen LogP contribution in [0.15, 0.2) is 29.7 Å². The van der Waals surface area contributed by atoms with Gasteiger partial charge in [0.05, 0.1) is 20.8 Å². The second kappa shape index (κ2) is 10.5. The van der Waals surface area contributed by atoms with E-state index in [0.29, 0.717) is 41.3 Å². The van der Waals surface area contributed by atoms with E-state index in [4.69, 9.17) is 15.9 Å². The number of carbonyl (C=O) groups is 1. The first-order valence-electron chi connectivity index (χ1n) is 9.62. The third-order valence-corrected chi connectivity index (χ3v) is 5.62. The summed E-state index contributed by atoms with van der Waals surface area (Å²) in [7, 11) is 4.91. The summed E-state index contributed by atoms with van der Waals surface area (Å²) in [5.41, 5.74) is 1.13. The fraction of sp³-hybridized carbons (Fsp3) is 0.304. The van der Waals surface area contributed by atoms with Gasteiger partial charge in [0.1, 0.15) is 0 Å². The predicted octanol–water partition coefficient (Wildman–Crippen LogP) is 2.49. The lowest BCUT2D eigenvalue weighted by molar-refractivity contribution is 0.0951. The zero-order valence-electron chi connectivity index (χ0n) is 17.7. The van der Waals surface area contributed by atoms with Gasteiger partial charge in [-0.3, -0.25) is 4.79 Å². The molecule has 0 saturated carbocycles. The zero-order valence-corrected chi connectivity index (χ0v) is 18.5. The molecular weight excluding hydrogens is 412 g/mol. The molecule has 1 aliphatic heterocycles. The second-order valence-electron chi connectivity index (χ2n) is 6.70. The number of aromatic nitrogens is 2. The Morgan fingerprint density at radius 2 is 2.13 bits per heavy atom. The van der Waals surface area contributed by atoms with Crippen molar-refractivity contribution < 1.29 is 14.3 Å². The number of methoxy groups -OCH3 is 2. The van der Waals surface area contributed by atoms with Crippen LogP contribution in [0.1, 0.15) is 21.9 Å². The van der Waals surface area contributed by atoms with Gasteiger partial charge in [-0.1, -0.05) is 17.9 Å². The number of carbonyl (C=O) groups excluding carboxylic acids is 1. The number of nitrogens with zero attached hydrogens (tertiary/aromatic N) is 2. The summed E-state index contributed by atoms with van der Waals surface area (Å²) in [5, 5.41) is 8.08. The molecule has 0 radical (unpaired) electrons. The highest BCUT2D eigenvalue weighted by Gasteiger charge is 2.21. The lowest BCUT2D eigenvalue weighted by Crippen LogP contribution is -2.27. The monoisotopic (exact) mass is 436 g/mol. The fourth-order valence-electron chi connectivity index (χ4n) is 3.01. The van der Waals surface area contributed by atoms with Crippen molar-refractivity contribution in [3.05, 3.63) is 46.8 Å². The van der Waals surface area contributed by atoms with Crippen molar-refractivity contribution in [3.63, 3.8) is 0 Å². The number of nitrogens with one attached hydrogen (secondary N) is 2. The van der Waals surface area contributed by atoms with E-state index in [-0.39, 0.29) is 12.5 Å². The number of hydrogen-bond donors (Lipinski definition) is 2. The average Bonchev–Trinajstić information content (AvgIpc) is 3.42. The van der Waals surface area contributed by atoms with E-state index in [2.05, 4.69) is 44.9 Å². The van der Waals surface area contributed by atoms with Crippen molar-refractivity contribution in [2.24, 2.45) is 13.0 Å². The molecule has 1 aromatic carbocycles. The topological polar surface area (TPSA) is 77.4 Å². The largest absolute Gasteiger partial charge is 0.493 e. The van der Waals surface area contributed by atoms with Crippen molar-refractivity contribution in [1.82, 2.24) is 14.9 Å². The van der Waals surface area contributed by atoms with Crippen molar-refractivity contribution in [1.29, 1.82) is 0 Å². The lowest BCUT2D eigenvalue weighted by Gasteiger charge is -2.10. The van der Waals surface area contributed by atoms with Gasteiger partial charge < -0.3 is 24.7 Å². The molecule has 0 saturated heterocycles. The van der Waals surface area contributed by atoms with Gasteiger partial charge in [0.25, 0.3) is 5.91 Å². The summed E-state index contributed by atoms with van der Waals surface area (Å²) in [6.45, 7) is 0.816. The van der Waals surface area contributed by atoms with E-state index in [1.54, 1.807) is 49.7 Å². The molecule has 1 unspecified atom stereocenters. The van der Waals surface area contributed by atoms with Gasteiger partial charge in [-0.2, -0.15) is 0 Å². The molecule has 1 amide bonds. The normalized spacial score (nSPS) is 14.3. The molecule has 2 N–H and O–H groups in total. The summed E-state index contributed by atoms with van der Waals surface area (Å²) in [5.74, 6) is 11.8. The van der Waals surface area contributed by atoms with E-state index in [1.807, 2.05) is 6.07 Å². The fourth-order valence-corrected chi connectivity index (χ4v) is 3.93. The summed E-state index contributed by atoms with van der Waals surface area (Å²) in [6.07, 6.45) is 7.43. The summed E-state index contributed by atoms with van der Waals surface area (Å²) in [6, 6.07) is 5.42. The number of imidazole rings is 1. The van der Waals surface area contributed by atoms with Crippen molar-refractivity contribution in [3.8, 4) is 35.7 Å². The molecule has 2 aromatic rings. The molecule has 0 bridgehead atoms. The molecule has 2 heterocycles. The Balaban J connectivity index is 1.90. The van der Waals surface area contributed by atoms with Crippen molar-refractivity contribution in [2.45, 2.75) is 0 Å². The van der Waals surface area contributed by atoms with Gasteiger partial charge in [0.2, 0.25) is 0 Å². The van der Waals surface area contributed by atoms with Crippen LogP contribution in [0.2, 0.25) is 0 Å². The molecule has 3 rings (SSSR count). The van der Waals surface area contributed by atoms with Crippen LogP contribution >= 0.6 is 11.8 Å². The molecule has 0 spiro atoms. The van der Waals surface area contributed by atoms with Gasteiger partial charge in [-0.05, 0) is 29.5 Å². The van der Waals surface area contributed by atoms with Crippen LogP contribution in [-0.2, 0) is 7.05 Å². The first kappa shape index (κ1) is 22.2. The van der Waals surface area contributed by atoms with E-state index < -0.39 is 0 Å². The summed E-state index contributed by atoms with van der Waals surface area (Å²) in [4.78, 5) is 17.2. The number of thioether (sulfide) groups is 1. The molecule has 0 fully saturated rings. The smallest absolute Gasteiger partial charge is 0.272 e. The van der Waals surface area contributed by atoms with Crippen LogP contribution in [-0.4, -0.2) is 48.5 Å². The van der Waals surface area contributed by atoms with E-state index in [1.165, 1.54) is 0 Å². The van der Waals surface area contributed by atoms with Gasteiger partial charge in [-0.25, -0.2) is 4.98 Å². The highest BCUT2D eigenvalue weighted by molar-refractivity contribution is 8.02. The minimum Gasteiger partial charge on any atom is -0.493 e. The highest BCUT2D eigenvalue weighted by atomic mass is 32.2. The van der Waals surface area contributed by atoms with Crippen LogP contribution in [0.3, 0.4) is 0 Å². The van der Waals surface area contributed by atoms with Crippen LogP contribution in [0, 0.1) is 30.1 Å². The molecule has 1 aliphatic rings. The summed E-state index contributed by atoms with van der Waals surface area (Å²) < 4.78 is 12.3. The summed E-state index contributed by atoms with van der Waals surface area (Å²) >= 11 is 1.77. The zero-order chi connectivity index (χ0) is 22.2. The quantitative estimate of drug-likeness (QED) is 0.650. The highest BCUT2D eigenvalue weighted by Crippen LogP contribution is 2.27. The lowest BCUT2D eigenvalue weighted by atomic mass is 10.2. The Hall–Kier alpha value is -3.49. The number of anilines is 1. The van der Waals surface area contributed by atoms with E-state index in [0.717, 1.165) is 11.3 Å². The average molecular weight is 437 g/mol. The minimum absolute atomic E-state index is 0.137. The number of rotatable bonds is 7. The molecular formula is C23H24N4O3S. The van der Waals surface area contributed by atoms with Gasteiger partial charge >= 0.3 is 0 Å². The van der Waals surface area contributed by atoms with Crippen LogP contribution < -0.4 is 20.1 Å². The van der Waals surface area contributed by atoms with Crippen molar-refractivity contribution in [2.75, 3.05) is 38.4 Å². The van der Waals surface area contributed by atoms with E-state index in [9.17, 15) is 4.79 Å². The molecule has 160 valence electrons. The molecule has 31 heavy (non-hydrogen) atoms. The first-order chi connectivity index (χ1) is 15.1. The number of benzene rings is 1. The third-order valence-electron chi connectivity index (χ3n) is 4.65. The minimum atomic E-state index is -0.300. The number of terminal acetylenes is 1. The van der Waals surface area contributed by atoms with E-state index >= 15 is 0 Å². The molecule has 1 aromatic heterocycles. The standard InChI is InChI=1S/C23H24N4O3S/c1-5-11-24-23(28)21-22(25-14-17-10-12-31-15-17)26-20(27(21)2)9-7-16-6-8-18(29-3)19(13-16)30-4/h1,6,8,10,12-13,17,25H,11,14-15H2,2-4H3,(H,24,28). The Morgan fingerprint density at radius 3 is 2.81 bits per heavy atom. The molecule has 7 nitrogen and oxygen atoms in total. The maximum Gasteiger partial charge on any atom is 0.272 e. The number of amides is 1. The Labute approximate surface area is 186 Å². The Bertz CT molecular complexity index is 1090. The maximum absolute atomic E-state index is 12.7. The Kier molecular flexibility index (Phi) is 7.53. The molecule has 8 heteroatoms. The third kappa shape index (κ3) is 5.36. The van der Waals surface area contributed by atoms with Crippen LogP contribution in [0.5, 0.6) is 11.5 Å². The van der Waals surface area contributed by atoms with Crippen LogP contribution in [0.25, 0.3) is 0 Å². The molecule has 0 aliphatic carbocycles. The predicted molar refractivity (Wildman–Crippen MR) is 123 cm³/mol. The number of hydrogen-bond acceptors (Lipinski definition) is 6. The number of ether oxygens (including phenoxy) is 2. The van der Waals surface area contributed by atoms with Crippen LogP contribution in [0.4, 0.5) is 5.82 Å². The second-order valence-corrected chi connectivity index (χ2v) is 7.64. The van der Waals surface area contributed by atoms with Gasteiger partial charge in [0, 0.05) is 30.8 Å². The van der Waals surface area contributed by atoms with Crippen molar-refractivity contribution >= 4 is 23.5 Å². The van der Waals surface area contributed by atoms with Gasteiger partial charge in [-0.15, -0.1) is 18.2 Å².